The van der Waals surface area contributed by atoms with Crippen molar-refractivity contribution in [3.63, 3.8) is 0 Å². The van der Waals surface area contributed by atoms with Gasteiger partial charge in [-0.1, -0.05) is 0 Å². The van der Waals surface area contributed by atoms with Gasteiger partial charge >= 0.3 is 0 Å². The third-order valence-corrected chi connectivity index (χ3v) is 4.23. The highest BCUT2D eigenvalue weighted by Gasteiger charge is 2.53. The van der Waals surface area contributed by atoms with Gasteiger partial charge in [0.05, 0.1) is 13.2 Å². The van der Waals surface area contributed by atoms with Gasteiger partial charge in [0, 0.05) is 0 Å². The molecule has 10 atom stereocenters. The predicted molar refractivity (Wildman–Crippen MR) is 65.3 cm³/mol. The van der Waals surface area contributed by atoms with E-state index in [0.717, 1.165) is 0 Å². The van der Waals surface area contributed by atoms with Gasteiger partial charge in [0.1, 0.15) is 48.8 Å². The molecule has 3 aliphatic heterocycles. The lowest BCUT2D eigenvalue weighted by Crippen LogP contribution is -2.63. The van der Waals surface area contributed by atoms with Crippen LogP contribution in [0, 0.1) is 0 Å². The topological polar surface area (TPSA) is 158 Å². The first kappa shape index (κ1) is 16.5. The van der Waals surface area contributed by atoms with Gasteiger partial charge in [-0.15, -0.1) is 0 Å². The number of aliphatic hydroxyl groups excluding tert-OH is 6. The Balaban J connectivity index is 1.71. The number of hydrogen-bond acceptors (Lipinski definition) is 10. The Morgan fingerprint density at radius 1 is 0.909 bits per heavy atom. The molecule has 0 saturated carbocycles. The molecule has 0 radical (unpaired) electrons. The van der Waals surface area contributed by atoms with Crippen LogP contribution in [0.25, 0.3) is 0 Å². The van der Waals surface area contributed by atoms with E-state index >= 15 is 0 Å². The number of aliphatic hydroxyl groups is 6. The minimum atomic E-state index is -1.66. The van der Waals surface area contributed by atoms with E-state index in [1.165, 1.54) is 0 Å². The van der Waals surface area contributed by atoms with Gasteiger partial charge in [0.25, 0.3) is 0 Å². The Labute approximate surface area is 125 Å². The van der Waals surface area contributed by atoms with Crippen molar-refractivity contribution in [2.45, 2.75) is 61.4 Å². The number of hydrogen-bond donors (Lipinski definition) is 6. The van der Waals surface area contributed by atoms with Crippen molar-refractivity contribution < 1.29 is 49.6 Å². The van der Waals surface area contributed by atoms with Crippen LogP contribution in [-0.2, 0) is 18.9 Å². The molecule has 1 unspecified atom stereocenters. The Kier molecular flexibility index (Phi) is 4.67. The number of fused-ring (bicyclic) bond motifs is 2. The summed E-state index contributed by atoms with van der Waals surface area (Å²) in [5.41, 5.74) is 0. The van der Waals surface area contributed by atoms with E-state index in [4.69, 9.17) is 24.1 Å². The molecule has 2 bridgehead atoms. The molecule has 10 heteroatoms. The lowest BCUT2D eigenvalue weighted by atomic mass is 9.98. The summed E-state index contributed by atoms with van der Waals surface area (Å²) in [6.07, 6.45) is -12.4. The van der Waals surface area contributed by atoms with Gasteiger partial charge in [0.2, 0.25) is 0 Å². The molecule has 3 heterocycles. The second-order valence-corrected chi connectivity index (χ2v) is 5.65. The van der Waals surface area contributed by atoms with Crippen LogP contribution in [-0.4, -0.2) is 105 Å². The monoisotopic (exact) mass is 324 g/mol. The smallest absolute Gasteiger partial charge is 0.187 e. The predicted octanol–water partition coefficient (Wildman–Crippen LogP) is -4.35. The Hall–Kier alpha value is -0.400. The van der Waals surface area contributed by atoms with E-state index in [1.54, 1.807) is 0 Å². The first-order chi connectivity index (χ1) is 10.4. The van der Waals surface area contributed by atoms with Gasteiger partial charge in [-0.05, 0) is 0 Å². The van der Waals surface area contributed by atoms with Crippen LogP contribution < -0.4 is 0 Å². The molecule has 22 heavy (non-hydrogen) atoms. The molecule has 0 aromatic heterocycles. The fourth-order valence-electron chi connectivity index (χ4n) is 2.94. The maximum absolute atomic E-state index is 10.1. The molecule has 3 rings (SSSR count). The summed E-state index contributed by atoms with van der Waals surface area (Å²) in [4.78, 5) is 0. The van der Waals surface area contributed by atoms with E-state index < -0.39 is 68.0 Å². The third kappa shape index (κ3) is 2.65. The molecule has 128 valence electrons. The van der Waals surface area contributed by atoms with Crippen molar-refractivity contribution in [2.24, 2.45) is 0 Å². The van der Waals surface area contributed by atoms with Crippen molar-refractivity contribution >= 4 is 0 Å². The fourth-order valence-corrected chi connectivity index (χ4v) is 2.94. The van der Waals surface area contributed by atoms with E-state index in [2.05, 4.69) is 0 Å². The molecule has 3 fully saturated rings. The largest absolute Gasteiger partial charge is 0.394 e. The van der Waals surface area contributed by atoms with Crippen LogP contribution in [0.2, 0.25) is 0 Å². The van der Waals surface area contributed by atoms with Crippen molar-refractivity contribution in [1.29, 1.82) is 0 Å². The second kappa shape index (κ2) is 6.24. The first-order valence-electron chi connectivity index (χ1n) is 7.03. The molecule has 0 aromatic rings. The van der Waals surface area contributed by atoms with Crippen LogP contribution in [0.5, 0.6) is 0 Å². The molecule has 6 N–H and O–H groups in total. The maximum atomic E-state index is 10.1. The summed E-state index contributed by atoms with van der Waals surface area (Å²) in [7, 11) is 0. The average molecular weight is 324 g/mol. The zero-order valence-electron chi connectivity index (χ0n) is 11.5. The molecular weight excluding hydrogens is 304 g/mol. The van der Waals surface area contributed by atoms with Crippen LogP contribution in [0.1, 0.15) is 0 Å². The third-order valence-electron chi connectivity index (χ3n) is 4.23. The quantitative estimate of drug-likeness (QED) is 0.299. The molecule has 0 amide bonds. The lowest BCUT2D eigenvalue weighted by molar-refractivity contribution is -0.341. The van der Waals surface area contributed by atoms with Crippen LogP contribution in [0.3, 0.4) is 0 Å². The SMILES string of the molecule is OC[C@H]1OC(O)[C@H](O)[C@@H](O[C@@H]2O[C@H]3CO[C@@H]([C@@H]2O)[C@@H]3O)[C@H]1O. The lowest BCUT2D eigenvalue weighted by Gasteiger charge is -2.43. The summed E-state index contributed by atoms with van der Waals surface area (Å²) >= 11 is 0. The first-order valence-corrected chi connectivity index (χ1v) is 7.03. The summed E-state index contributed by atoms with van der Waals surface area (Å²) in [6, 6.07) is 0. The second-order valence-electron chi connectivity index (χ2n) is 5.65. The van der Waals surface area contributed by atoms with Gasteiger partial charge in [-0.25, -0.2) is 0 Å². The van der Waals surface area contributed by atoms with Gasteiger partial charge in [0.15, 0.2) is 12.6 Å². The summed E-state index contributed by atoms with van der Waals surface area (Å²) in [5, 5.41) is 58.4. The Bertz CT molecular complexity index is 394. The summed E-state index contributed by atoms with van der Waals surface area (Å²) in [5.74, 6) is 0. The highest BCUT2D eigenvalue weighted by molar-refractivity contribution is 4.97. The zero-order valence-corrected chi connectivity index (χ0v) is 11.5. The standard InChI is InChI=1S/C12H20O10/c13-1-3-5(14)10(7(16)11(18)20-3)22-12-8(17)9-6(15)4(21-12)2-19-9/h3-18H,1-2H2/t3-,4+,5+,6-,7-,8+,9-,10+,11?,12+/m1/s1. The maximum Gasteiger partial charge on any atom is 0.187 e. The molecule has 3 aliphatic rings. The number of ether oxygens (including phenoxy) is 4. The average Bonchev–Trinajstić information content (AvgIpc) is 2.76. The molecular formula is C12H20O10. The molecule has 0 spiro atoms. The highest BCUT2D eigenvalue weighted by Crippen LogP contribution is 2.32. The molecule has 0 aliphatic carbocycles. The van der Waals surface area contributed by atoms with E-state index in [9.17, 15) is 25.5 Å². The Morgan fingerprint density at radius 3 is 2.32 bits per heavy atom. The zero-order chi connectivity index (χ0) is 16.0. The summed E-state index contributed by atoms with van der Waals surface area (Å²) < 4.78 is 20.8. The van der Waals surface area contributed by atoms with Crippen molar-refractivity contribution in [3.8, 4) is 0 Å². The minimum absolute atomic E-state index is 0.0868. The van der Waals surface area contributed by atoms with E-state index in [-0.39, 0.29) is 6.61 Å². The van der Waals surface area contributed by atoms with E-state index in [0.29, 0.717) is 0 Å². The van der Waals surface area contributed by atoms with Crippen LogP contribution in [0.15, 0.2) is 0 Å². The number of rotatable bonds is 3. The summed E-state index contributed by atoms with van der Waals surface area (Å²) in [6.45, 7) is -0.504. The van der Waals surface area contributed by atoms with Gasteiger partial charge in [-0.3, -0.25) is 0 Å². The normalized spacial score (nSPS) is 55.4. The fraction of sp³-hybridized carbons (Fsp3) is 1.00. The van der Waals surface area contributed by atoms with Crippen molar-refractivity contribution in [2.75, 3.05) is 13.2 Å². The van der Waals surface area contributed by atoms with E-state index in [1.807, 2.05) is 0 Å². The molecule has 10 nitrogen and oxygen atoms in total. The van der Waals surface area contributed by atoms with Gasteiger partial charge < -0.3 is 49.6 Å². The van der Waals surface area contributed by atoms with Crippen molar-refractivity contribution in [1.82, 2.24) is 0 Å². The molecule has 0 aromatic carbocycles. The molecule has 3 saturated heterocycles. The minimum Gasteiger partial charge on any atom is -0.394 e. The van der Waals surface area contributed by atoms with Crippen LogP contribution >= 0.6 is 0 Å². The van der Waals surface area contributed by atoms with Gasteiger partial charge in [-0.2, -0.15) is 0 Å². The van der Waals surface area contributed by atoms with Crippen molar-refractivity contribution in [3.05, 3.63) is 0 Å². The highest BCUT2D eigenvalue weighted by atomic mass is 16.7. The Morgan fingerprint density at radius 2 is 1.64 bits per heavy atom. The van der Waals surface area contributed by atoms with Crippen LogP contribution in [0.4, 0.5) is 0 Å².